The Morgan fingerprint density at radius 1 is 1.28 bits per heavy atom. The van der Waals surface area contributed by atoms with Gasteiger partial charge in [0.1, 0.15) is 0 Å². The van der Waals surface area contributed by atoms with Gasteiger partial charge in [0.05, 0.1) is 6.54 Å². The zero-order valence-corrected chi connectivity index (χ0v) is 12.0. The number of anilines is 1. The van der Waals surface area contributed by atoms with E-state index in [0.717, 1.165) is 24.2 Å². The first-order chi connectivity index (χ1) is 8.74. The summed E-state index contributed by atoms with van der Waals surface area (Å²) in [6.45, 7) is 3.28. The molecule has 0 saturated heterocycles. The molecule has 0 saturated carbocycles. The van der Waals surface area contributed by atoms with E-state index in [0.29, 0.717) is 6.54 Å². The minimum atomic E-state index is 0.0224. The number of nitrogens with one attached hydrogen (secondary N) is 2. The van der Waals surface area contributed by atoms with Crippen LogP contribution in [0.5, 0.6) is 0 Å². The van der Waals surface area contributed by atoms with E-state index in [4.69, 9.17) is 0 Å². The summed E-state index contributed by atoms with van der Waals surface area (Å²) in [6.07, 6.45) is 4.44. The number of carbonyl (C=O) groups is 1. The topological polar surface area (TPSA) is 41.1 Å². The van der Waals surface area contributed by atoms with Crippen molar-refractivity contribution in [3.05, 3.63) is 29.8 Å². The average Bonchev–Trinajstić information content (AvgIpc) is 2.36. The number of hydrogen-bond acceptors (Lipinski definition) is 3. The lowest BCUT2D eigenvalue weighted by Crippen LogP contribution is -2.29. The highest BCUT2D eigenvalue weighted by molar-refractivity contribution is 7.98. The van der Waals surface area contributed by atoms with E-state index < -0.39 is 0 Å². The molecule has 0 radical (unpaired) electrons. The first-order valence-electron chi connectivity index (χ1n) is 6.29. The van der Waals surface area contributed by atoms with Gasteiger partial charge in [0.25, 0.3) is 0 Å². The largest absolute Gasteiger partial charge is 0.325 e. The van der Waals surface area contributed by atoms with Gasteiger partial charge in [-0.05, 0) is 49.9 Å². The monoisotopic (exact) mass is 266 g/mol. The van der Waals surface area contributed by atoms with Gasteiger partial charge in [-0.15, -0.1) is 0 Å². The van der Waals surface area contributed by atoms with Crippen molar-refractivity contribution in [1.82, 2.24) is 5.32 Å². The fourth-order valence-corrected chi connectivity index (χ4v) is 2.10. The average molecular weight is 266 g/mol. The van der Waals surface area contributed by atoms with Crippen LogP contribution >= 0.6 is 11.8 Å². The highest BCUT2D eigenvalue weighted by atomic mass is 32.2. The van der Waals surface area contributed by atoms with Crippen molar-refractivity contribution in [3.63, 3.8) is 0 Å². The number of carbonyl (C=O) groups excluding carboxylic acids is 1. The third-order valence-electron chi connectivity index (χ3n) is 2.66. The fraction of sp³-hybridized carbons (Fsp3) is 0.500. The van der Waals surface area contributed by atoms with Gasteiger partial charge in [-0.2, -0.15) is 11.8 Å². The number of rotatable bonds is 8. The van der Waals surface area contributed by atoms with E-state index in [1.165, 1.54) is 12.2 Å². The molecule has 0 aromatic heterocycles. The first kappa shape index (κ1) is 15.1. The molecule has 0 aliphatic rings. The van der Waals surface area contributed by atoms with Gasteiger partial charge in [0.15, 0.2) is 0 Å². The molecule has 1 amide bonds. The lowest BCUT2D eigenvalue weighted by Gasteiger charge is -2.08. The van der Waals surface area contributed by atoms with E-state index in [2.05, 4.69) is 16.9 Å². The van der Waals surface area contributed by atoms with Gasteiger partial charge in [-0.1, -0.05) is 18.2 Å². The third-order valence-corrected chi connectivity index (χ3v) is 3.35. The van der Waals surface area contributed by atoms with Crippen molar-refractivity contribution in [1.29, 1.82) is 0 Å². The van der Waals surface area contributed by atoms with E-state index >= 15 is 0 Å². The zero-order chi connectivity index (χ0) is 13.2. The number of unbranched alkanes of at least 4 members (excludes halogenated alkanes) is 1. The van der Waals surface area contributed by atoms with E-state index in [1.54, 1.807) is 0 Å². The Kier molecular flexibility index (Phi) is 7.53. The van der Waals surface area contributed by atoms with E-state index in [1.807, 2.05) is 43.0 Å². The number of para-hydroxylation sites is 1. The van der Waals surface area contributed by atoms with Crippen LogP contribution in [0.1, 0.15) is 18.4 Å². The van der Waals surface area contributed by atoms with Crippen molar-refractivity contribution in [2.24, 2.45) is 0 Å². The van der Waals surface area contributed by atoms with Crippen LogP contribution in [0.3, 0.4) is 0 Å². The second-order valence-electron chi connectivity index (χ2n) is 4.24. The summed E-state index contributed by atoms with van der Waals surface area (Å²) < 4.78 is 0. The molecule has 1 rings (SSSR count). The maximum absolute atomic E-state index is 11.7. The highest BCUT2D eigenvalue weighted by Crippen LogP contribution is 2.12. The van der Waals surface area contributed by atoms with E-state index in [9.17, 15) is 4.79 Å². The van der Waals surface area contributed by atoms with Gasteiger partial charge in [-0.25, -0.2) is 0 Å². The molecule has 0 unspecified atom stereocenters. The number of amides is 1. The molecular formula is C14H22N2OS. The summed E-state index contributed by atoms with van der Waals surface area (Å²) in [5.41, 5.74) is 1.98. The molecule has 100 valence electrons. The minimum absolute atomic E-state index is 0.0224. The lowest BCUT2D eigenvalue weighted by atomic mass is 10.2. The Labute approximate surface area is 114 Å². The molecule has 0 aliphatic heterocycles. The van der Waals surface area contributed by atoms with Crippen LogP contribution in [0.15, 0.2) is 24.3 Å². The molecule has 0 fully saturated rings. The van der Waals surface area contributed by atoms with Crippen LogP contribution in [-0.2, 0) is 4.79 Å². The van der Waals surface area contributed by atoms with Crippen molar-refractivity contribution in [2.45, 2.75) is 19.8 Å². The van der Waals surface area contributed by atoms with Gasteiger partial charge in [0, 0.05) is 5.69 Å². The molecule has 3 nitrogen and oxygen atoms in total. The number of aryl methyl sites for hydroxylation is 1. The quantitative estimate of drug-likeness (QED) is 0.711. The molecule has 0 bridgehead atoms. The predicted octanol–water partition coefficient (Wildman–Crippen LogP) is 2.67. The maximum Gasteiger partial charge on any atom is 0.238 e. The van der Waals surface area contributed by atoms with Crippen molar-refractivity contribution < 1.29 is 4.79 Å². The summed E-state index contributed by atoms with van der Waals surface area (Å²) >= 11 is 1.86. The second kappa shape index (κ2) is 9.00. The smallest absolute Gasteiger partial charge is 0.238 e. The molecule has 4 heteroatoms. The number of benzene rings is 1. The standard InChI is InChI=1S/C14H22N2OS/c1-12-7-3-4-8-13(12)16-14(17)11-15-9-5-6-10-18-2/h3-4,7-8,15H,5-6,9-11H2,1-2H3,(H,16,17). The summed E-state index contributed by atoms with van der Waals surface area (Å²) in [5.74, 6) is 1.21. The van der Waals surface area contributed by atoms with Crippen LogP contribution < -0.4 is 10.6 Å². The number of hydrogen-bond donors (Lipinski definition) is 2. The van der Waals surface area contributed by atoms with Crippen LogP contribution in [-0.4, -0.2) is 31.0 Å². The number of thioether (sulfide) groups is 1. The zero-order valence-electron chi connectivity index (χ0n) is 11.2. The highest BCUT2D eigenvalue weighted by Gasteiger charge is 2.03. The minimum Gasteiger partial charge on any atom is -0.325 e. The Balaban J connectivity index is 2.16. The van der Waals surface area contributed by atoms with Crippen molar-refractivity contribution in [3.8, 4) is 0 Å². The Bertz CT molecular complexity index is 369. The normalized spacial score (nSPS) is 10.3. The van der Waals surface area contributed by atoms with Crippen molar-refractivity contribution in [2.75, 3.05) is 30.4 Å². The predicted molar refractivity (Wildman–Crippen MR) is 80.3 cm³/mol. The first-order valence-corrected chi connectivity index (χ1v) is 7.68. The van der Waals surface area contributed by atoms with E-state index in [-0.39, 0.29) is 5.91 Å². The molecule has 18 heavy (non-hydrogen) atoms. The molecule has 1 aromatic rings. The SMILES string of the molecule is CSCCCCNCC(=O)Nc1ccccc1C. The molecule has 1 aromatic carbocycles. The van der Waals surface area contributed by atoms with Crippen LogP contribution in [0.25, 0.3) is 0 Å². The summed E-state index contributed by atoms with van der Waals surface area (Å²) in [6, 6.07) is 7.81. The summed E-state index contributed by atoms with van der Waals surface area (Å²) in [5, 5.41) is 6.07. The Hall–Kier alpha value is -1.00. The molecule has 0 atom stereocenters. The van der Waals surface area contributed by atoms with Crippen molar-refractivity contribution >= 4 is 23.4 Å². The van der Waals surface area contributed by atoms with Crippen LogP contribution in [0.2, 0.25) is 0 Å². The van der Waals surface area contributed by atoms with Gasteiger partial charge in [-0.3, -0.25) is 4.79 Å². The Morgan fingerprint density at radius 2 is 2.06 bits per heavy atom. The lowest BCUT2D eigenvalue weighted by molar-refractivity contribution is -0.115. The van der Waals surface area contributed by atoms with Gasteiger partial charge >= 0.3 is 0 Å². The summed E-state index contributed by atoms with van der Waals surface area (Å²) in [4.78, 5) is 11.7. The molecule has 0 spiro atoms. The fourth-order valence-electron chi connectivity index (χ4n) is 1.61. The second-order valence-corrected chi connectivity index (χ2v) is 5.23. The molecular weight excluding hydrogens is 244 g/mol. The van der Waals surface area contributed by atoms with Gasteiger partial charge < -0.3 is 10.6 Å². The maximum atomic E-state index is 11.7. The summed E-state index contributed by atoms with van der Waals surface area (Å²) in [7, 11) is 0. The molecule has 2 N–H and O–H groups in total. The van der Waals surface area contributed by atoms with Gasteiger partial charge in [0.2, 0.25) is 5.91 Å². The van der Waals surface area contributed by atoms with Crippen LogP contribution in [0.4, 0.5) is 5.69 Å². The molecule has 0 aliphatic carbocycles. The molecule has 0 heterocycles. The van der Waals surface area contributed by atoms with Crippen LogP contribution in [0, 0.1) is 6.92 Å². The third kappa shape index (κ3) is 6.07. The Morgan fingerprint density at radius 3 is 2.78 bits per heavy atom.